The molecule has 2 heteroatoms. The number of rotatable bonds is 5. The van der Waals surface area contributed by atoms with Gasteiger partial charge in [-0.1, -0.05) is 66.6 Å². The summed E-state index contributed by atoms with van der Waals surface area (Å²) in [7, 11) is 0. The molecule has 0 amide bonds. The standard InChI is InChI=1S/C18H16O2/c1-2-16(15-11-7-4-8-12-15)17(18(19)20)13-14-9-5-3-6-10-14/h1,3-12,16-17H,13H2,(H,19,20)/p-1. The van der Waals surface area contributed by atoms with Crippen LogP contribution < -0.4 is 5.11 Å². The lowest BCUT2D eigenvalue weighted by Crippen LogP contribution is -2.36. The van der Waals surface area contributed by atoms with Gasteiger partial charge in [0.15, 0.2) is 0 Å². The van der Waals surface area contributed by atoms with Crippen LogP contribution in [0, 0.1) is 18.3 Å². The molecule has 0 aromatic heterocycles. The molecule has 0 N–H and O–H groups in total. The second kappa shape index (κ2) is 6.58. The first-order chi connectivity index (χ1) is 9.72. The average Bonchev–Trinajstić information content (AvgIpc) is 2.49. The molecule has 0 radical (unpaired) electrons. The van der Waals surface area contributed by atoms with Gasteiger partial charge in [-0.25, -0.2) is 0 Å². The normalized spacial score (nSPS) is 13.2. The van der Waals surface area contributed by atoms with Gasteiger partial charge in [0.2, 0.25) is 0 Å². The fraction of sp³-hybridized carbons (Fsp3) is 0.167. The molecule has 0 aliphatic heterocycles. The van der Waals surface area contributed by atoms with Crippen molar-refractivity contribution in [1.82, 2.24) is 0 Å². The molecule has 2 unspecified atom stereocenters. The molecule has 2 aromatic carbocycles. The fourth-order valence-electron chi connectivity index (χ4n) is 2.31. The summed E-state index contributed by atoms with van der Waals surface area (Å²) in [6.45, 7) is 0. The Labute approximate surface area is 119 Å². The summed E-state index contributed by atoms with van der Waals surface area (Å²) in [5, 5.41) is 11.5. The lowest BCUT2D eigenvalue weighted by Gasteiger charge is -2.24. The minimum Gasteiger partial charge on any atom is -0.550 e. The number of carboxylic acids is 1. The van der Waals surface area contributed by atoms with E-state index in [-0.39, 0.29) is 0 Å². The van der Waals surface area contributed by atoms with Gasteiger partial charge in [-0.05, 0) is 17.5 Å². The summed E-state index contributed by atoms with van der Waals surface area (Å²) in [6.07, 6.45) is 5.92. The second-order valence-electron chi connectivity index (χ2n) is 4.67. The van der Waals surface area contributed by atoms with Gasteiger partial charge in [-0.15, -0.1) is 6.42 Å². The van der Waals surface area contributed by atoms with Crippen molar-refractivity contribution in [3.05, 3.63) is 71.8 Å². The predicted molar refractivity (Wildman–Crippen MR) is 76.7 cm³/mol. The minimum absolute atomic E-state index is 0.368. The van der Waals surface area contributed by atoms with E-state index in [1.807, 2.05) is 60.7 Å². The molecule has 0 bridgehead atoms. The zero-order valence-electron chi connectivity index (χ0n) is 11.0. The summed E-state index contributed by atoms with van der Waals surface area (Å²) in [4.78, 5) is 11.5. The molecule has 0 aliphatic rings. The van der Waals surface area contributed by atoms with Gasteiger partial charge < -0.3 is 9.90 Å². The van der Waals surface area contributed by atoms with Crippen molar-refractivity contribution in [2.45, 2.75) is 12.3 Å². The van der Waals surface area contributed by atoms with Crippen LogP contribution in [0.25, 0.3) is 0 Å². The third-order valence-corrected chi connectivity index (χ3v) is 3.34. The van der Waals surface area contributed by atoms with E-state index in [9.17, 15) is 9.90 Å². The first kappa shape index (κ1) is 13.9. The quantitative estimate of drug-likeness (QED) is 0.774. The number of benzene rings is 2. The molecule has 2 aromatic rings. The maximum atomic E-state index is 11.5. The van der Waals surface area contributed by atoms with Crippen LogP contribution in [-0.4, -0.2) is 5.97 Å². The highest BCUT2D eigenvalue weighted by Gasteiger charge is 2.22. The van der Waals surface area contributed by atoms with Crippen molar-refractivity contribution in [2.24, 2.45) is 5.92 Å². The summed E-state index contributed by atoms with van der Waals surface area (Å²) < 4.78 is 0. The monoisotopic (exact) mass is 263 g/mol. The molecule has 2 nitrogen and oxygen atoms in total. The molecule has 20 heavy (non-hydrogen) atoms. The Bertz CT molecular complexity index is 596. The summed E-state index contributed by atoms with van der Waals surface area (Å²) >= 11 is 0. The summed E-state index contributed by atoms with van der Waals surface area (Å²) in [5.74, 6) is 0.272. The fourth-order valence-corrected chi connectivity index (χ4v) is 2.31. The maximum absolute atomic E-state index is 11.5. The third-order valence-electron chi connectivity index (χ3n) is 3.34. The summed E-state index contributed by atoms with van der Waals surface area (Å²) in [5.41, 5.74) is 1.78. The third kappa shape index (κ3) is 3.27. The molecule has 0 saturated heterocycles. The first-order valence-electron chi connectivity index (χ1n) is 6.48. The summed E-state index contributed by atoms with van der Waals surface area (Å²) in [6, 6.07) is 18.8. The van der Waals surface area contributed by atoms with E-state index in [4.69, 9.17) is 6.42 Å². The van der Waals surface area contributed by atoms with E-state index < -0.39 is 17.8 Å². The highest BCUT2D eigenvalue weighted by Crippen LogP contribution is 2.26. The van der Waals surface area contributed by atoms with Gasteiger partial charge in [0.1, 0.15) is 0 Å². The van der Waals surface area contributed by atoms with Gasteiger partial charge in [-0.2, -0.15) is 0 Å². The Balaban J connectivity index is 2.28. The average molecular weight is 263 g/mol. The van der Waals surface area contributed by atoms with Crippen LogP contribution in [0.1, 0.15) is 17.0 Å². The van der Waals surface area contributed by atoms with Crippen molar-refractivity contribution >= 4 is 5.97 Å². The predicted octanol–water partition coefficient (Wildman–Crippen LogP) is 2.01. The van der Waals surface area contributed by atoms with E-state index >= 15 is 0 Å². The van der Waals surface area contributed by atoms with Gasteiger partial charge >= 0.3 is 0 Å². The van der Waals surface area contributed by atoms with Crippen LogP contribution in [0.3, 0.4) is 0 Å². The molecule has 0 fully saturated rings. The van der Waals surface area contributed by atoms with Crippen LogP contribution in [0.15, 0.2) is 60.7 Å². The van der Waals surface area contributed by atoms with Crippen molar-refractivity contribution in [3.8, 4) is 12.3 Å². The molecule has 0 saturated carbocycles. The lowest BCUT2D eigenvalue weighted by molar-refractivity contribution is -0.311. The van der Waals surface area contributed by atoms with E-state index in [1.54, 1.807) is 0 Å². The van der Waals surface area contributed by atoms with Crippen LogP contribution in [-0.2, 0) is 11.2 Å². The van der Waals surface area contributed by atoms with Crippen molar-refractivity contribution in [3.63, 3.8) is 0 Å². The number of carboxylic acid groups (broad SMARTS) is 1. The van der Waals surface area contributed by atoms with E-state index in [0.29, 0.717) is 6.42 Å². The topological polar surface area (TPSA) is 40.1 Å². The van der Waals surface area contributed by atoms with Crippen LogP contribution in [0.4, 0.5) is 0 Å². The highest BCUT2D eigenvalue weighted by atomic mass is 16.4. The molecule has 100 valence electrons. The first-order valence-corrected chi connectivity index (χ1v) is 6.48. The highest BCUT2D eigenvalue weighted by molar-refractivity contribution is 5.70. The van der Waals surface area contributed by atoms with Crippen LogP contribution >= 0.6 is 0 Å². The number of carbonyl (C=O) groups excluding carboxylic acids is 1. The molecule has 2 atom stereocenters. The van der Waals surface area contributed by atoms with Gasteiger partial charge in [-0.3, -0.25) is 0 Å². The number of hydrogen-bond donors (Lipinski definition) is 0. The molecular weight excluding hydrogens is 248 g/mol. The van der Waals surface area contributed by atoms with Gasteiger partial charge in [0.05, 0.1) is 5.92 Å². The smallest absolute Gasteiger partial charge is 0.0533 e. The lowest BCUT2D eigenvalue weighted by atomic mass is 9.82. The minimum atomic E-state index is -1.11. The Hall–Kier alpha value is -2.53. The molecule has 0 spiro atoms. The number of hydrogen-bond acceptors (Lipinski definition) is 2. The van der Waals surface area contributed by atoms with Gasteiger partial charge in [0, 0.05) is 11.9 Å². The Morgan fingerprint density at radius 3 is 2.10 bits per heavy atom. The number of carbonyl (C=O) groups is 1. The van der Waals surface area contributed by atoms with E-state index in [1.165, 1.54) is 0 Å². The number of aliphatic carboxylic acids is 1. The molecule has 0 aliphatic carbocycles. The SMILES string of the molecule is C#CC(c1ccccc1)C(Cc1ccccc1)C(=O)[O-]. The Morgan fingerprint density at radius 2 is 1.60 bits per heavy atom. The maximum Gasteiger partial charge on any atom is 0.0533 e. The van der Waals surface area contributed by atoms with Crippen molar-refractivity contribution < 1.29 is 9.90 Å². The Kier molecular flexibility index (Phi) is 4.57. The van der Waals surface area contributed by atoms with Gasteiger partial charge in [0.25, 0.3) is 0 Å². The number of terminal acetylenes is 1. The zero-order valence-corrected chi connectivity index (χ0v) is 11.0. The second-order valence-corrected chi connectivity index (χ2v) is 4.67. The largest absolute Gasteiger partial charge is 0.550 e. The van der Waals surface area contributed by atoms with Crippen LogP contribution in [0.2, 0.25) is 0 Å². The Morgan fingerprint density at radius 1 is 1.05 bits per heavy atom. The van der Waals surface area contributed by atoms with E-state index in [2.05, 4.69) is 5.92 Å². The van der Waals surface area contributed by atoms with Crippen molar-refractivity contribution in [1.29, 1.82) is 0 Å². The molecular formula is C18H15O2-. The van der Waals surface area contributed by atoms with E-state index in [0.717, 1.165) is 11.1 Å². The van der Waals surface area contributed by atoms with Crippen molar-refractivity contribution in [2.75, 3.05) is 0 Å². The molecule has 2 rings (SSSR count). The van der Waals surface area contributed by atoms with Crippen LogP contribution in [0.5, 0.6) is 0 Å². The zero-order chi connectivity index (χ0) is 14.4. The molecule has 0 heterocycles.